The number of rotatable bonds is 12. The summed E-state index contributed by atoms with van der Waals surface area (Å²) < 4.78 is 33.4. The minimum atomic E-state index is -3.57. The van der Waals surface area contributed by atoms with Crippen molar-refractivity contribution >= 4 is 32.7 Å². The third kappa shape index (κ3) is 7.87. The third-order valence-corrected chi connectivity index (χ3v) is 9.65. The van der Waals surface area contributed by atoms with E-state index < -0.39 is 15.6 Å². The van der Waals surface area contributed by atoms with Gasteiger partial charge in [0.1, 0.15) is 11.6 Å². The normalized spacial score (nSPS) is 22.5. The van der Waals surface area contributed by atoms with Crippen LogP contribution in [0.25, 0.3) is 10.9 Å². The van der Waals surface area contributed by atoms with Crippen LogP contribution >= 0.6 is 0 Å². The summed E-state index contributed by atoms with van der Waals surface area (Å²) in [5.74, 6) is 3.07. The lowest BCUT2D eigenvalue weighted by atomic mass is 9.82. The summed E-state index contributed by atoms with van der Waals surface area (Å²) in [6.45, 7) is 3.62. The fourth-order valence-corrected chi connectivity index (χ4v) is 6.67. The van der Waals surface area contributed by atoms with E-state index in [1.165, 1.54) is 11.6 Å². The van der Waals surface area contributed by atoms with Gasteiger partial charge in [-0.15, -0.1) is 0 Å². The average Bonchev–Trinajstić information content (AvgIpc) is 2.99. The van der Waals surface area contributed by atoms with Crippen molar-refractivity contribution in [3.8, 4) is 5.75 Å². The molecule has 1 saturated carbocycles. The van der Waals surface area contributed by atoms with Crippen molar-refractivity contribution in [2.75, 3.05) is 37.4 Å². The standard InChI is InChI=1S/C32H41N5O4S/c1-32(38)18-15-27(16-19-32)42(39,40)35-22-25-9-7-24(8-10-25)21-34-31-36-29-6-4-3-5-28(29)30(37-31)33-20-17-23-11-13-26(41-2)14-12-23/h3-6,11-16,18,24-25,35,38H,7-10,17,19-22H2,1-2H3,(H2,33,34,36,37). The summed E-state index contributed by atoms with van der Waals surface area (Å²) in [7, 11) is -1.90. The fraction of sp³-hybridized carbons (Fsp3) is 0.438. The van der Waals surface area contributed by atoms with Gasteiger partial charge in [-0.25, -0.2) is 18.1 Å². The van der Waals surface area contributed by atoms with Gasteiger partial charge in [0.25, 0.3) is 0 Å². The number of nitrogens with one attached hydrogen (secondary N) is 3. The van der Waals surface area contributed by atoms with Crippen LogP contribution in [-0.4, -0.2) is 55.8 Å². The minimum absolute atomic E-state index is 0.233. The van der Waals surface area contributed by atoms with Crippen LogP contribution < -0.4 is 20.1 Å². The van der Waals surface area contributed by atoms with Crippen LogP contribution in [0.3, 0.4) is 0 Å². The minimum Gasteiger partial charge on any atom is -0.497 e. The molecule has 5 rings (SSSR count). The fourth-order valence-electron chi connectivity index (χ4n) is 5.50. The molecule has 2 aliphatic rings. The number of benzene rings is 2. The zero-order chi connectivity index (χ0) is 29.6. The Morgan fingerprint density at radius 1 is 0.976 bits per heavy atom. The number of anilines is 2. The summed E-state index contributed by atoms with van der Waals surface area (Å²) in [6.07, 6.45) is 9.75. The van der Waals surface area contributed by atoms with Crippen molar-refractivity contribution in [2.45, 2.75) is 51.0 Å². The number of hydrogen-bond acceptors (Lipinski definition) is 8. The van der Waals surface area contributed by atoms with Gasteiger partial charge in [-0.1, -0.05) is 36.4 Å². The van der Waals surface area contributed by atoms with Gasteiger partial charge in [-0.05, 0) is 93.2 Å². The molecular weight excluding hydrogens is 550 g/mol. The number of sulfonamides is 1. The van der Waals surface area contributed by atoms with Crippen molar-refractivity contribution < 1.29 is 18.3 Å². The maximum absolute atomic E-state index is 12.7. The van der Waals surface area contributed by atoms with Gasteiger partial charge in [0, 0.05) is 25.0 Å². The Morgan fingerprint density at radius 2 is 1.69 bits per heavy atom. The third-order valence-electron chi connectivity index (χ3n) is 8.18. The molecule has 0 radical (unpaired) electrons. The Hall–Kier alpha value is -3.47. The molecule has 1 heterocycles. The van der Waals surface area contributed by atoms with Crippen molar-refractivity contribution in [3.05, 3.63) is 77.2 Å². The largest absolute Gasteiger partial charge is 0.497 e. The molecule has 10 heteroatoms. The number of allylic oxidation sites excluding steroid dienone is 1. The number of para-hydroxylation sites is 1. The Morgan fingerprint density at radius 3 is 2.38 bits per heavy atom. The molecule has 42 heavy (non-hydrogen) atoms. The Balaban J connectivity index is 1.11. The SMILES string of the molecule is COc1ccc(CCNc2nc(NCC3CCC(CNS(=O)(=O)C4=CCC(C)(O)C=C4)CC3)nc3ccccc23)cc1. The molecule has 0 bridgehead atoms. The van der Waals surface area contributed by atoms with Crippen LogP contribution in [0.2, 0.25) is 0 Å². The summed E-state index contributed by atoms with van der Waals surface area (Å²) in [6, 6.07) is 16.1. The van der Waals surface area contributed by atoms with E-state index in [2.05, 4.69) is 27.5 Å². The number of nitrogens with zero attached hydrogens (tertiary/aromatic N) is 2. The van der Waals surface area contributed by atoms with Gasteiger partial charge >= 0.3 is 0 Å². The molecule has 1 atom stereocenters. The molecule has 0 spiro atoms. The first kappa shape index (κ1) is 30.0. The van der Waals surface area contributed by atoms with Gasteiger partial charge in [-0.2, -0.15) is 4.98 Å². The smallest absolute Gasteiger partial charge is 0.240 e. The Bertz CT molecular complexity index is 1530. The number of aliphatic hydroxyl groups is 1. The number of fused-ring (bicyclic) bond motifs is 1. The molecule has 1 aromatic heterocycles. The van der Waals surface area contributed by atoms with E-state index in [0.29, 0.717) is 30.7 Å². The Kier molecular flexibility index (Phi) is 9.45. The monoisotopic (exact) mass is 591 g/mol. The van der Waals surface area contributed by atoms with E-state index >= 15 is 0 Å². The molecule has 3 aromatic rings. The quantitative estimate of drug-likeness (QED) is 0.231. The zero-order valence-electron chi connectivity index (χ0n) is 24.3. The second-order valence-corrected chi connectivity index (χ2v) is 13.3. The van der Waals surface area contributed by atoms with Gasteiger partial charge in [0.05, 0.1) is 23.1 Å². The molecule has 9 nitrogen and oxygen atoms in total. The van der Waals surface area contributed by atoms with Crippen LogP contribution in [0, 0.1) is 11.8 Å². The van der Waals surface area contributed by atoms with Gasteiger partial charge in [-0.3, -0.25) is 0 Å². The highest BCUT2D eigenvalue weighted by atomic mass is 32.2. The molecule has 2 aromatic carbocycles. The molecule has 0 aliphatic heterocycles. The highest BCUT2D eigenvalue weighted by molar-refractivity contribution is 7.93. The Labute approximate surface area is 248 Å². The van der Waals surface area contributed by atoms with E-state index in [9.17, 15) is 13.5 Å². The summed E-state index contributed by atoms with van der Waals surface area (Å²) in [4.78, 5) is 9.80. The lowest BCUT2D eigenvalue weighted by Crippen LogP contribution is -2.33. The molecule has 0 saturated heterocycles. The first-order valence-electron chi connectivity index (χ1n) is 14.7. The van der Waals surface area contributed by atoms with Crippen molar-refractivity contribution in [3.63, 3.8) is 0 Å². The number of aromatic nitrogens is 2. The van der Waals surface area contributed by atoms with Crippen molar-refractivity contribution in [2.24, 2.45) is 11.8 Å². The first-order chi connectivity index (χ1) is 20.2. The lowest BCUT2D eigenvalue weighted by Gasteiger charge is -2.29. The van der Waals surface area contributed by atoms with Gasteiger partial charge in [0.15, 0.2) is 0 Å². The predicted molar refractivity (Wildman–Crippen MR) is 168 cm³/mol. The predicted octanol–water partition coefficient (Wildman–Crippen LogP) is 5.03. The van der Waals surface area contributed by atoms with E-state index in [1.807, 2.05) is 36.4 Å². The van der Waals surface area contributed by atoms with E-state index in [4.69, 9.17) is 14.7 Å². The second kappa shape index (κ2) is 13.2. The zero-order valence-corrected chi connectivity index (χ0v) is 25.2. The average molecular weight is 592 g/mol. The van der Waals surface area contributed by atoms with Crippen LogP contribution in [0.5, 0.6) is 5.75 Å². The number of ether oxygens (including phenoxy) is 1. The van der Waals surface area contributed by atoms with Crippen LogP contribution in [-0.2, 0) is 16.4 Å². The number of hydrogen-bond donors (Lipinski definition) is 4. The highest BCUT2D eigenvalue weighted by Crippen LogP contribution is 2.30. The lowest BCUT2D eigenvalue weighted by molar-refractivity contribution is 0.114. The molecule has 0 amide bonds. The molecule has 1 unspecified atom stereocenters. The van der Waals surface area contributed by atoms with Crippen LogP contribution in [0.4, 0.5) is 11.8 Å². The van der Waals surface area contributed by atoms with E-state index in [1.54, 1.807) is 26.2 Å². The molecule has 4 N–H and O–H groups in total. The maximum Gasteiger partial charge on any atom is 0.240 e. The second-order valence-electron chi connectivity index (χ2n) is 11.6. The summed E-state index contributed by atoms with van der Waals surface area (Å²) in [5.41, 5.74) is 1.13. The van der Waals surface area contributed by atoms with Crippen LogP contribution in [0.1, 0.15) is 44.6 Å². The van der Waals surface area contributed by atoms with Crippen molar-refractivity contribution in [1.29, 1.82) is 0 Å². The molecule has 1 fully saturated rings. The molecular formula is C32H41N5O4S. The van der Waals surface area contributed by atoms with Crippen molar-refractivity contribution in [1.82, 2.24) is 14.7 Å². The summed E-state index contributed by atoms with van der Waals surface area (Å²) >= 11 is 0. The molecule has 2 aliphatic carbocycles. The van der Waals surface area contributed by atoms with Crippen LogP contribution in [0.15, 0.2) is 71.7 Å². The topological polar surface area (TPSA) is 125 Å². The maximum atomic E-state index is 12.7. The highest BCUT2D eigenvalue weighted by Gasteiger charge is 2.26. The number of methoxy groups -OCH3 is 1. The van der Waals surface area contributed by atoms with E-state index in [0.717, 1.165) is 67.7 Å². The van der Waals surface area contributed by atoms with Gasteiger partial charge < -0.3 is 20.5 Å². The molecule has 224 valence electrons. The first-order valence-corrected chi connectivity index (χ1v) is 16.2. The van der Waals surface area contributed by atoms with E-state index in [-0.39, 0.29) is 4.91 Å². The summed E-state index contributed by atoms with van der Waals surface area (Å²) in [5, 5.41) is 18.0. The van der Waals surface area contributed by atoms with Gasteiger partial charge in [0.2, 0.25) is 16.0 Å².